The summed E-state index contributed by atoms with van der Waals surface area (Å²) in [6.45, 7) is 2.10. The van der Waals surface area contributed by atoms with Crippen molar-refractivity contribution in [2.45, 2.75) is 25.6 Å². The molecule has 2 atom stereocenters. The van der Waals surface area contributed by atoms with Crippen LogP contribution in [0.15, 0.2) is 77.9 Å². The zero-order valence-electron chi connectivity index (χ0n) is 15.0. The van der Waals surface area contributed by atoms with Crippen molar-refractivity contribution in [3.63, 3.8) is 0 Å². The number of ether oxygens (including phenoxy) is 1. The predicted octanol–water partition coefficient (Wildman–Crippen LogP) is 5.89. The topological polar surface area (TPSA) is 24.8 Å². The lowest BCUT2D eigenvalue weighted by Crippen LogP contribution is -2.33. The largest absolute Gasteiger partial charge is 0.464 e. The molecule has 0 aliphatic carbocycles. The van der Waals surface area contributed by atoms with Crippen LogP contribution < -0.4 is 4.74 Å². The molecule has 0 radical (unpaired) electrons. The predicted molar refractivity (Wildman–Crippen MR) is 108 cm³/mol. The van der Waals surface area contributed by atoms with E-state index >= 15 is 0 Å². The van der Waals surface area contributed by atoms with E-state index in [1.54, 1.807) is 0 Å². The normalized spacial score (nSPS) is 20.5. The summed E-state index contributed by atoms with van der Waals surface area (Å²) in [5.74, 6) is 0.907. The van der Waals surface area contributed by atoms with Gasteiger partial charge in [-0.2, -0.15) is 5.10 Å². The van der Waals surface area contributed by atoms with E-state index in [-0.39, 0.29) is 12.3 Å². The number of hydrazone groups is 1. The third-order valence-electron chi connectivity index (χ3n) is 5.26. The minimum Gasteiger partial charge on any atom is -0.464 e. The van der Waals surface area contributed by atoms with E-state index in [1.807, 2.05) is 36.4 Å². The Kier molecular flexibility index (Phi) is 3.91. The van der Waals surface area contributed by atoms with Crippen molar-refractivity contribution >= 4 is 17.3 Å². The van der Waals surface area contributed by atoms with Crippen LogP contribution in [-0.2, 0) is 0 Å². The number of aryl methyl sites for hydroxylation is 1. The Balaban J connectivity index is 1.61. The monoisotopic (exact) mass is 374 g/mol. The first-order chi connectivity index (χ1) is 13.2. The van der Waals surface area contributed by atoms with Crippen molar-refractivity contribution in [1.82, 2.24) is 5.01 Å². The van der Waals surface area contributed by atoms with Crippen molar-refractivity contribution in [2.75, 3.05) is 0 Å². The van der Waals surface area contributed by atoms with E-state index in [1.165, 1.54) is 11.1 Å². The van der Waals surface area contributed by atoms with Gasteiger partial charge in [0.05, 0.1) is 11.8 Å². The average molecular weight is 375 g/mol. The fourth-order valence-corrected chi connectivity index (χ4v) is 4.06. The molecule has 0 N–H and O–H groups in total. The number of para-hydroxylation sites is 1. The van der Waals surface area contributed by atoms with E-state index in [2.05, 4.69) is 48.3 Å². The Bertz CT molecular complexity index is 1030. The highest BCUT2D eigenvalue weighted by atomic mass is 35.5. The van der Waals surface area contributed by atoms with E-state index < -0.39 is 0 Å². The number of benzene rings is 3. The smallest absolute Gasteiger partial charge is 0.215 e. The lowest BCUT2D eigenvalue weighted by Gasteiger charge is -2.38. The molecule has 0 aromatic heterocycles. The molecule has 3 nitrogen and oxygen atoms in total. The Morgan fingerprint density at radius 2 is 1.63 bits per heavy atom. The van der Waals surface area contributed by atoms with Crippen LogP contribution >= 0.6 is 11.6 Å². The highest BCUT2D eigenvalue weighted by Crippen LogP contribution is 2.48. The number of nitrogens with zero attached hydrogens (tertiary/aromatic N) is 2. The first kappa shape index (κ1) is 16.4. The van der Waals surface area contributed by atoms with E-state index in [4.69, 9.17) is 21.4 Å². The first-order valence-corrected chi connectivity index (χ1v) is 9.51. The van der Waals surface area contributed by atoms with Gasteiger partial charge in [0.2, 0.25) is 6.23 Å². The fourth-order valence-electron chi connectivity index (χ4n) is 3.84. The van der Waals surface area contributed by atoms with Gasteiger partial charge in [0, 0.05) is 22.6 Å². The molecule has 3 aromatic rings. The van der Waals surface area contributed by atoms with Crippen LogP contribution in [0.3, 0.4) is 0 Å². The Hall–Kier alpha value is -2.78. The molecule has 0 amide bonds. The van der Waals surface area contributed by atoms with Crippen molar-refractivity contribution in [1.29, 1.82) is 0 Å². The van der Waals surface area contributed by atoms with Crippen molar-refractivity contribution < 1.29 is 4.74 Å². The molecule has 0 saturated heterocycles. The highest BCUT2D eigenvalue weighted by molar-refractivity contribution is 6.31. The van der Waals surface area contributed by atoms with Crippen LogP contribution in [0.25, 0.3) is 0 Å². The number of hydrogen-bond acceptors (Lipinski definition) is 3. The second kappa shape index (κ2) is 6.43. The summed E-state index contributed by atoms with van der Waals surface area (Å²) in [5, 5.41) is 7.74. The SMILES string of the molecule is Cc1ccc(C2=NN3C(C2)c2ccccc2OC3c2ccccc2Cl)cc1. The van der Waals surface area contributed by atoms with Gasteiger partial charge in [0.25, 0.3) is 0 Å². The van der Waals surface area contributed by atoms with E-state index in [0.29, 0.717) is 5.02 Å². The van der Waals surface area contributed by atoms with Gasteiger partial charge < -0.3 is 4.74 Å². The van der Waals surface area contributed by atoms with Gasteiger partial charge in [0.15, 0.2) is 0 Å². The maximum Gasteiger partial charge on any atom is 0.215 e. The second-order valence-corrected chi connectivity index (χ2v) is 7.45. The summed E-state index contributed by atoms with van der Waals surface area (Å²) in [6.07, 6.45) is 0.520. The first-order valence-electron chi connectivity index (χ1n) is 9.13. The minimum atomic E-state index is -0.332. The molecule has 2 heterocycles. The Labute approximate surface area is 163 Å². The molecule has 2 aliphatic rings. The van der Waals surface area contributed by atoms with Gasteiger partial charge in [-0.3, -0.25) is 0 Å². The van der Waals surface area contributed by atoms with E-state index in [9.17, 15) is 0 Å². The maximum atomic E-state index is 6.49. The molecule has 2 unspecified atom stereocenters. The quantitative estimate of drug-likeness (QED) is 0.558. The molecule has 3 aromatic carbocycles. The van der Waals surface area contributed by atoms with Crippen LogP contribution in [0.1, 0.15) is 40.9 Å². The molecule has 0 bridgehead atoms. The third-order valence-corrected chi connectivity index (χ3v) is 5.60. The van der Waals surface area contributed by atoms with Gasteiger partial charge in [-0.15, -0.1) is 0 Å². The van der Waals surface area contributed by atoms with E-state index in [0.717, 1.165) is 29.0 Å². The fraction of sp³-hybridized carbons (Fsp3) is 0.174. The van der Waals surface area contributed by atoms with Gasteiger partial charge in [-0.25, -0.2) is 5.01 Å². The lowest BCUT2D eigenvalue weighted by atomic mass is 9.95. The third kappa shape index (κ3) is 2.79. The summed E-state index contributed by atoms with van der Waals surface area (Å²) >= 11 is 6.49. The molecule has 134 valence electrons. The summed E-state index contributed by atoms with van der Waals surface area (Å²) < 4.78 is 6.35. The number of fused-ring (bicyclic) bond motifs is 3. The van der Waals surface area contributed by atoms with Gasteiger partial charge in [-0.05, 0) is 24.6 Å². The minimum absolute atomic E-state index is 0.146. The molecule has 2 aliphatic heterocycles. The summed E-state index contributed by atoms with van der Waals surface area (Å²) in [5.41, 5.74) is 5.60. The van der Waals surface area contributed by atoms with Crippen LogP contribution in [0, 0.1) is 6.92 Å². The molecule has 5 rings (SSSR count). The highest BCUT2D eigenvalue weighted by Gasteiger charge is 2.41. The molecular formula is C23H19ClN2O. The number of halogens is 1. The molecule has 4 heteroatoms. The van der Waals surface area contributed by atoms with Gasteiger partial charge in [-0.1, -0.05) is 77.8 Å². The van der Waals surface area contributed by atoms with Crippen LogP contribution in [0.2, 0.25) is 5.02 Å². The van der Waals surface area contributed by atoms with Gasteiger partial charge >= 0.3 is 0 Å². The molecule has 0 spiro atoms. The number of rotatable bonds is 2. The van der Waals surface area contributed by atoms with Crippen molar-refractivity contribution in [3.05, 3.63) is 100 Å². The summed E-state index contributed by atoms with van der Waals surface area (Å²) in [6, 6.07) is 24.7. The molecule has 27 heavy (non-hydrogen) atoms. The summed E-state index contributed by atoms with van der Waals surface area (Å²) in [4.78, 5) is 0. The zero-order valence-corrected chi connectivity index (χ0v) is 15.7. The second-order valence-electron chi connectivity index (χ2n) is 7.04. The molecule has 0 fully saturated rings. The van der Waals surface area contributed by atoms with Crippen LogP contribution in [0.5, 0.6) is 5.75 Å². The molecular weight excluding hydrogens is 356 g/mol. The zero-order chi connectivity index (χ0) is 18.4. The van der Waals surface area contributed by atoms with Crippen LogP contribution in [-0.4, -0.2) is 10.7 Å². The van der Waals surface area contributed by atoms with Crippen molar-refractivity contribution in [3.8, 4) is 5.75 Å². The van der Waals surface area contributed by atoms with Crippen molar-refractivity contribution in [2.24, 2.45) is 5.10 Å². The Morgan fingerprint density at radius 1 is 0.926 bits per heavy atom. The van der Waals surface area contributed by atoms with Gasteiger partial charge in [0.1, 0.15) is 5.75 Å². The standard InChI is InChI=1S/C23H19ClN2O/c1-15-10-12-16(13-11-15)20-14-21-18-7-3-5-9-22(18)27-23(26(21)25-20)17-6-2-4-8-19(17)24/h2-13,21,23H,14H2,1H3. The lowest BCUT2D eigenvalue weighted by molar-refractivity contribution is -0.0189. The Morgan fingerprint density at radius 3 is 2.41 bits per heavy atom. The van der Waals surface area contributed by atoms with Crippen LogP contribution in [0.4, 0.5) is 0 Å². The summed E-state index contributed by atoms with van der Waals surface area (Å²) in [7, 11) is 0. The number of hydrogen-bond donors (Lipinski definition) is 0. The maximum absolute atomic E-state index is 6.49. The molecule has 0 saturated carbocycles. The average Bonchev–Trinajstić information content (AvgIpc) is 3.14.